The van der Waals surface area contributed by atoms with E-state index in [0.29, 0.717) is 29.1 Å². The number of hydrogen-bond acceptors (Lipinski definition) is 9. The number of aromatic nitrogens is 4. The van der Waals surface area contributed by atoms with Gasteiger partial charge in [0.15, 0.2) is 11.5 Å². The van der Waals surface area contributed by atoms with Gasteiger partial charge in [0, 0.05) is 38.3 Å². The first-order chi connectivity index (χ1) is 16.9. The molecule has 1 amide bonds. The van der Waals surface area contributed by atoms with Crippen molar-refractivity contribution in [2.45, 2.75) is 13.3 Å². The van der Waals surface area contributed by atoms with Crippen LogP contribution in [0, 0.1) is 12.7 Å². The van der Waals surface area contributed by atoms with Gasteiger partial charge in [-0.05, 0) is 32.0 Å². The summed E-state index contributed by atoms with van der Waals surface area (Å²) in [4.78, 5) is 33.7. The van der Waals surface area contributed by atoms with Crippen molar-refractivity contribution < 1.29 is 13.9 Å². The van der Waals surface area contributed by atoms with Crippen molar-refractivity contribution in [1.29, 1.82) is 0 Å². The zero-order valence-corrected chi connectivity index (χ0v) is 19.9. The average Bonchev–Trinajstić information content (AvgIpc) is 2.86. The minimum atomic E-state index is -0.768. The van der Waals surface area contributed by atoms with E-state index >= 15 is 0 Å². The predicted molar refractivity (Wildman–Crippen MR) is 130 cm³/mol. The van der Waals surface area contributed by atoms with Crippen LogP contribution in [0.4, 0.5) is 15.9 Å². The van der Waals surface area contributed by atoms with Crippen LogP contribution in [0.2, 0.25) is 0 Å². The minimum absolute atomic E-state index is 0.0762. The molecule has 1 aliphatic rings. The van der Waals surface area contributed by atoms with Crippen molar-refractivity contribution in [3.05, 3.63) is 53.9 Å². The fourth-order valence-electron chi connectivity index (χ4n) is 3.66. The number of carbonyl (C=O) groups is 1. The molecule has 0 spiro atoms. The van der Waals surface area contributed by atoms with E-state index in [2.05, 4.69) is 42.1 Å². The molecule has 1 fully saturated rings. The summed E-state index contributed by atoms with van der Waals surface area (Å²) in [6.07, 6.45) is 5.39. The molecule has 0 atom stereocenters. The lowest BCUT2D eigenvalue weighted by Crippen LogP contribution is -2.44. The number of halogens is 1. The highest BCUT2D eigenvalue weighted by Crippen LogP contribution is 2.23. The number of nitrogens with two attached hydrogens (primary N) is 1. The van der Waals surface area contributed by atoms with Crippen LogP contribution in [0.1, 0.15) is 22.5 Å². The van der Waals surface area contributed by atoms with Crippen molar-refractivity contribution in [3.63, 3.8) is 0 Å². The number of anilines is 2. The van der Waals surface area contributed by atoms with Gasteiger partial charge in [-0.15, -0.1) is 0 Å². The zero-order valence-electron chi connectivity index (χ0n) is 19.9. The third-order valence-corrected chi connectivity index (χ3v) is 5.81. The molecule has 3 aromatic rings. The summed E-state index contributed by atoms with van der Waals surface area (Å²) < 4.78 is 19.6. The molecule has 3 heterocycles. The fourth-order valence-corrected chi connectivity index (χ4v) is 3.66. The smallest absolute Gasteiger partial charge is 0.316 e. The molecule has 1 aliphatic heterocycles. The molecule has 11 heteroatoms. The van der Waals surface area contributed by atoms with Crippen molar-refractivity contribution in [3.8, 4) is 17.3 Å². The van der Waals surface area contributed by atoms with Crippen LogP contribution in [-0.4, -0.2) is 82.0 Å². The number of piperazine rings is 1. The maximum Gasteiger partial charge on any atom is 0.316 e. The van der Waals surface area contributed by atoms with Crippen molar-refractivity contribution >= 4 is 17.4 Å². The number of likely N-dealkylation sites (N-methyl/N-ethyl adjacent to an activating group) is 1. The average molecular weight is 481 g/mol. The van der Waals surface area contributed by atoms with E-state index < -0.39 is 5.91 Å². The van der Waals surface area contributed by atoms with Gasteiger partial charge in [0.25, 0.3) is 5.91 Å². The van der Waals surface area contributed by atoms with E-state index in [0.717, 1.165) is 39.1 Å². The number of carbonyl (C=O) groups excluding carboxylic acids is 1. The largest absolute Gasteiger partial charge is 0.463 e. The first-order valence-corrected chi connectivity index (χ1v) is 11.4. The molecule has 2 aromatic heterocycles. The Bertz CT molecular complexity index is 1170. The highest BCUT2D eigenvalue weighted by molar-refractivity contribution is 5.96. The molecule has 35 heavy (non-hydrogen) atoms. The molecular weight excluding hydrogens is 451 g/mol. The van der Waals surface area contributed by atoms with Gasteiger partial charge in [-0.1, -0.05) is 12.1 Å². The Morgan fingerprint density at radius 2 is 1.89 bits per heavy atom. The topological polar surface area (TPSA) is 122 Å². The third kappa shape index (κ3) is 6.46. The van der Waals surface area contributed by atoms with Gasteiger partial charge in [0.2, 0.25) is 0 Å². The Labute approximate surface area is 203 Å². The lowest BCUT2D eigenvalue weighted by molar-refractivity contribution is 0.0996. The standard InChI is InChI=1S/C24H29FN8O2/c1-16-4-5-17(12-19(16)25)20-15-27-23(21(31-20)22(26)34)30-18-13-28-24(29-14-18)35-11-3-6-33-9-7-32(2)8-10-33/h4-5,12-15H,3,6-11H2,1-2H3,(H2,26,34)(H,27,30). The van der Waals surface area contributed by atoms with Crippen molar-refractivity contribution in [2.24, 2.45) is 5.73 Å². The minimum Gasteiger partial charge on any atom is -0.463 e. The molecular formula is C24H29FN8O2. The van der Waals surface area contributed by atoms with E-state index in [1.54, 1.807) is 19.1 Å². The first-order valence-electron chi connectivity index (χ1n) is 11.4. The summed E-state index contributed by atoms with van der Waals surface area (Å²) in [7, 11) is 2.14. The molecule has 3 N–H and O–H groups in total. The van der Waals surface area contributed by atoms with Gasteiger partial charge in [-0.2, -0.15) is 0 Å². The van der Waals surface area contributed by atoms with Crippen LogP contribution in [0.5, 0.6) is 6.01 Å². The summed E-state index contributed by atoms with van der Waals surface area (Å²) >= 11 is 0. The highest BCUT2D eigenvalue weighted by atomic mass is 19.1. The molecule has 0 unspecified atom stereocenters. The summed E-state index contributed by atoms with van der Waals surface area (Å²) in [5.74, 6) is -0.986. The van der Waals surface area contributed by atoms with Gasteiger partial charge in [0.05, 0.1) is 36.6 Å². The highest BCUT2D eigenvalue weighted by Gasteiger charge is 2.16. The summed E-state index contributed by atoms with van der Waals surface area (Å²) in [6.45, 7) is 7.50. The van der Waals surface area contributed by atoms with Crippen LogP contribution in [0.15, 0.2) is 36.8 Å². The predicted octanol–water partition coefficient (Wildman–Crippen LogP) is 2.24. The van der Waals surface area contributed by atoms with Gasteiger partial charge >= 0.3 is 6.01 Å². The maximum atomic E-state index is 13.9. The lowest BCUT2D eigenvalue weighted by Gasteiger charge is -2.32. The molecule has 1 aromatic carbocycles. The van der Waals surface area contributed by atoms with Crippen LogP contribution >= 0.6 is 0 Å². The number of rotatable bonds is 9. The first kappa shape index (κ1) is 24.4. The monoisotopic (exact) mass is 480 g/mol. The van der Waals surface area contributed by atoms with Crippen LogP contribution in [0.25, 0.3) is 11.3 Å². The molecule has 0 saturated carbocycles. The number of ether oxygens (including phenoxy) is 1. The molecule has 0 bridgehead atoms. The van der Waals surface area contributed by atoms with E-state index in [-0.39, 0.29) is 23.3 Å². The second-order valence-electron chi connectivity index (χ2n) is 8.51. The Morgan fingerprint density at radius 1 is 1.14 bits per heavy atom. The Kier molecular flexibility index (Phi) is 7.78. The zero-order chi connectivity index (χ0) is 24.8. The maximum absolute atomic E-state index is 13.9. The quantitative estimate of drug-likeness (QED) is 0.444. The van der Waals surface area contributed by atoms with E-state index in [4.69, 9.17) is 10.5 Å². The fraction of sp³-hybridized carbons (Fsp3) is 0.375. The normalized spacial score (nSPS) is 14.6. The third-order valence-electron chi connectivity index (χ3n) is 5.81. The van der Waals surface area contributed by atoms with E-state index in [1.807, 2.05) is 0 Å². The van der Waals surface area contributed by atoms with Gasteiger partial charge in [-0.3, -0.25) is 4.79 Å². The number of amides is 1. The number of nitrogens with zero attached hydrogens (tertiary/aromatic N) is 6. The van der Waals surface area contributed by atoms with Crippen molar-refractivity contribution in [1.82, 2.24) is 29.7 Å². The lowest BCUT2D eigenvalue weighted by atomic mass is 10.1. The second kappa shape index (κ2) is 11.2. The summed E-state index contributed by atoms with van der Waals surface area (Å²) in [5.41, 5.74) is 7.26. The van der Waals surface area contributed by atoms with E-state index in [1.165, 1.54) is 24.7 Å². The van der Waals surface area contributed by atoms with Gasteiger partial charge < -0.3 is 25.6 Å². The molecule has 1 saturated heterocycles. The molecule has 0 aliphatic carbocycles. The van der Waals surface area contributed by atoms with Gasteiger partial charge in [-0.25, -0.2) is 24.3 Å². The van der Waals surface area contributed by atoms with Crippen molar-refractivity contribution in [2.75, 3.05) is 51.7 Å². The molecule has 0 radical (unpaired) electrons. The second-order valence-corrected chi connectivity index (χ2v) is 8.51. The SMILES string of the molecule is Cc1ccc(-c2cnc(Nc3cnc(OCCCN4CCN(C)CC4)nc3)c(C(N)=O)n2)cc1F. The molecule has 10 nitrogen and oxygen atoms in total. The van der Waals surface area contributed by atoms with Crippen LogP contribution < -0.4 is 15.8 Å². The number of benzene rings is 1. The number of nitrogens with one attached hydrogen (secondary N) is 1. The number of primary amides is 1. The molecule has 184 valence electrons. The van der Waals surface area contributed by atoms with Crippen LogP contribution in [0.3, 0.4) is 0 Å². The summed E-state index contributed by atoms with van der Waals surface area (Å²) in [6, 6.07) is 4.95. The molecule has 4 rings (SSSR count). The Morgan fingerprint density at radius 3 is 2.57 bits per heavy atom. The van der Waals surface area contributed by atoms with Crippen LogP contribution in [-0.2, 0) is 0 Å². The Balaban J connectivity index is 1.35. The summed E-state index contributed by atoms with van der Waals surface area (Å²) in [5, 5.41) is 2.95. The Hall–Kier alpha value is -3.70. The van der Waals surface area contributed by atoms with Gasteiger partial charge in [0.1, 0.15) is 5.82 Å². The van der Waals surface area contributed by atoms with E-state index in [9.17, 15) is 9.18 Å². The number of hydrogen-bond donors (Lipinski definition) is 2. The number of aryl methyl sites for hydroxylation is 1.